The van der Waals surface area contributed by atoms with Crippen molar-refractivity contribution in [3.63, 3.8) is 0 Å². The predicted octanol–water partition coefficient (Wildman–Crippen LogP) is 4.07. The number of hydrogen-bond acceptors (Lipinski definition) is 10. The van der Waals surface area contributed by atoms with Gasteiger partial charge in [0.05, 0.1) is 27.0 Å². The molecule has 0 aliphatic carbocycles. The molecule has 0 spiro atoms. The SMILES string of the molecule is COc1cc(Nc2nc(NCCCN3CCCC3=O)c3ncn(-c4ccsc4)c3n2)cc(OC)c1OC. The topological polar surface area (TPSA) is 116 Å². The normalized spacial score (nSPS) is 13.3. The summed E-state index contributed by atoms with van der Waals surface area (Å²) >= 11 is 1.60. The van der Waals surface area contributed by atoms with Crippen molar-refractivity contribution in [1.29, 1.82) is 0 Å². The lowest BCUT2D eigenvalue weighted by molar-refractivity contribution is -0.127. The maximum atomic E-state index is 11.9. The Kier molecular flexibility index (Phi) is 7.26. The number of nitrogens with one attached hydrogen (secondary N) is 2. The molecule has 37 heavy (non-hydrogen) atoms. The second-order valence-corrected chi connectivity index (χ2v) is 9.25. The zero-order valence-electron chi connectivity index (χ0n) is 21.0. The van der Waals surface area contributed by atoms with Crippen LogP contribution in [-0.4, -0.2) is 71.3 Å². The number of imidazole rings is 1. The Hall–Kier alpha value is -4.06. The van der Waals surface area contributed by atoms with Gasteiger partial charge in [-0.05, 0) is 24.3 Å². The second kappa shape index (κ2) is 10.9. The molecule has 12 heteroatoms. The smallest absolute Gasteiger partial charge is 0.231 e. The molecule has 1 aliphatic rings. The molecule has 1 aliphatic heterocycles. The van der Waals surface area contributed by atoms with Gasteiger partial charge in [0.25, 0.3) is 0 Å². The van der Waals surface area contributed by atoms with E-state index in [1.807, 2.05) is 26.3 Å². The van der Waals surface area contributed by atoms with Crippen LogP contribution in [0.1, 0.15) is 19.3 Å². The lowest BCUT2D eigenvalue weighted by Crippen LogP contribution is -2.27. The van der Waals surface area contributed by atoms with E-state index in [9.17, 15) is 4.79 Å². The number of amides is 1. The molecule has 1 aromatic carbocycles. The van der Waals surface area contributed by atoms with E-state index in [2.05, 4.69) is 15.6 Å². The second-order valence-electron chi connectivity index (χ2n) is 8.47. The van der Waals surface area contributed by atoms with Crippen LogP contribution in [0.15, 0.2) is 35.3 Å². The van der Waals surface area contributed by atoms with E-state index in [4.69, 9.17) is 24.2 Å². The fourth-order valence-corrected chi connectivity index (χ4v) is 4.99. The lowest BCUT2D eigenvalue weighted by atomic mass is 10.2. The highest BCUT2D eigenvalue weighted by atomic mass is 32.1. The molecule has 0 atom stereocenters. The van der Waals surface area contributed by atoms with Crippen LogP contribution in [0.4, 0.5) is 17.5 Å². The molecule has 0 saturated carbocycles. The van der Waals surface area contributed by atoms with Crippen LogP contribution in [-0.2, 0) is 4.79 Å². The van der Waals surface area contributed by atoms with Crippen molar-refractivity contribution in [2.24, 2.45) is 0 Å². The van der Waals surface area contributed by atoms with Gasteiger partial charge in [-0.2, -0.15) is 21.3 Å². The van der Waals surface area contributed by atoms with Gasteiger partial charge in [-0.15, -0.1) is 0 Å². The number of fused-ring (bicyclic) bond motifs is 1. The standard InChI is InChI=1S/C25H29N7O4S/c1-34-18-12-16(13-19(35-2)22(18)36-3)28-25-29-23(26-8-5-10-31-9-4-6-20(31)33)21-24(30-25)32(15-27-21)17-7-11-37-14-17/h7,11-15H,4-6,8-10H2,1-3H3,(H2,26,28,29,30). The van der Waals surface area contributed by atoms with Crippen LogP contribution in [0.3, 0.4) is 0 Å². The van der Waals surface area contributed by atoms with Crippen molar-refractivity contribution in [3.8, 4) is 22.9 Å². The number of anilines is 3. The Morgan fingerprint density at radius 1 is 1.11 bits per heavy atom. The van der Waals surface area contributed by atoms with Crippen LogP contribution in [0.5, 0.6) is 17.2 Å². The first-order chi connectivity index (χ1) is 18.1. The zero-order chi connectivity index (χ0) is 25.8. The van der Waals surface area contributed by atoms with Gasteiger partial charge in [0.2, 0.25) is 17.6 Å². The third-order valence-corrected chi connectivity index (χ3v) is 6.84. The van der Waals surface area contributed by atoms with Crippen LogP contribution < -0.4 is 24.8 Å². The molecule has 11 nitrogen and oxygen atoms in total. The average molecular weight is 524 g/mol. The molecule has 3 aromatic heterocycles. The number of carbonyl (C=O) groups excluding carboxylic acids is 1. The van der Waals surface area contributed by atoms with Gasteiger partial charge in [0.1, 0.15) is 6.33 Å². The van der Waals surface area contributed by atoms with Crippen molar-refractivity contribution in [3.05, 3.63) is 35.3 Å². The molecule has 4 heterocycles. The predicted molar refractivity (Wildman–Crippen MR) is 143 cm³/mol. The highest BCUT2D eigenvalue weighted by molar-refractivity contribution is 7.08. The number of thiophene rings is 1. The molecule has 2 N–H and O–H groups in total. The van der Waals surface area contributed by atoms with Crippen LogP contribution in [0.2, 0.25) is 0 Å². The molecule has 1 saturated heterocycles. The van der Waals surface area contributed by atoms with Crippen molar-refractivity contribution in [2.45, 2.75) is 19.3 Å². The number of hydrogen-bond donors (Lipinski definition) is 2. The summed E-state index contributed by atoms with van der Waals surface area (Å²) in [5.74, 6) is 2.77. The largest absolute Gasteiger partial charge is 0.493 e. The maximum absolute atomic E-state index is 11.9. The minimum Gasteiger partial charge on any atom is -0.493 e. The highest BCUT2D eigenvalue weighted by Crippen LogP contribution is 2.40. The molecule has 0 radical (unpaired) electrons. The van der Waals surface area contributed by atoms with Crippen molar-refractivity contribution >= 4 is 45.9 Å². The monoisotopic (exact) mass is 523 g/mol. The Bertz CT molecular complexity index is 1360. The summed E-state index contributed by atoms with van der Waals surface area (Å²) in [6.45, 7) is 2.20. The highest BCUT2D eigenvalue weighted by Gasteiger charge is 2.20. The van der Waals surface area contributed by atoms with E-state index in [1.165, 1.54) is 0 Å². The molecule has 0 unspecified atom stereocenters. The third kappa shape index (κ3) is 5.10. The van der Waals surface area contributed by atoms with Crippen molar-refractivity contribution in [2.75, 3.05) is 51.6 Å². The molecule has 0 bridgehead atoms. The minimum absolute atomic E-state index is 0.232. The maximum Gasteiger partial charge on any atom is 0.231 e. The van der Waals surface area contributed by atoms with E-state index >= 15 is 0 Å². The molecule has 194 valence electrons. The Morgan fingerprint density at radius 3 is 2.57 bits per heavy atom. The number of nitrogens with zero attached hydrogens (tertiary/aromatic N) is 5. The third-order valence-electron chi connectivity index (χ3n) is 6.17. The van der Waals surface area contributed by atoms with Crippen LogP contribution in [0, 0.1) is 0 Å². The van der Waals surface area contributed by atoms with E-state index in [1.54, 1.807) is 51.1 Å². The fourth-order valence-electron chi connectivity index (χ4n) is 4.36. The first-order valence-electron chi connectivity index (χ1n) is 12.0. The molecular formula is C25H29N7O4S. The number of aromatic nitrogens is 4. The first-order valence-corrected chi connectivity index (χ1v) is 12.9. The van der Waals surface area contributed by atoms with Crippen molar-refractivity contribution < 1.29 is 19.0 Å². The molecular weight excluding hydrogens is 494 g/mol. The van der Waals surface area contributed by atoms with Gasteiger partial charge < -0.3 is 29.7 Å². The van der Waals surface area contributed by atoms with E-state index < -0.39 is 0 Å². The van der Waals surface area contributed by atoms with Gasteiger partial charge in [0.15, 0.2) is 28.5 Å². The van der Waals surface area contributed by atoms with E-state index in [0.29, 0.717) is 58.8 Å². The minimum atomic E-state index is 0.232. The summed E-state index contributed by atoms with van der Waals surface area (Å²) in [5.41, 5.74) is 2.98. The van der Waals surface area contributed by atoms with Crippen LogP contribution in [0.25, 0.3) is 16.9 Å². The summed E-state index contributed by atoms with van der Waals surface area (Å²) in [5, 5.41) is 10.7. The Labute approximate surface area is 218 Å². The summed E-state index contributed by atoms with van der Waals surface area (Å²) < 4.78 is 18.3. The van der Waals surface area contributed by atoms with Gasteiger partial charge in [0, 0.05) is 49.3 Å². The number of rotatable bonds is 11. The number of benzene rings is 1. The molecule has 1 fully saturated rings. The summed E-state index contributed by atoms with van der Waals surface area (Å²) in [6, 6.07) is 5.61. The summed E-state index contributed by atoms with van der Waals surface area (Å²) in [7, 11) is 4.70. The number of ether oxygens (including phenoxy) is 3. The van der Waals surface area contributed by atoms with Gasteiger partial charge in [-0.1, -0.05) is 0 Å². The number of likely N-dealkylation sites (tertiary alicyclic amines) is 1. The average Bonchev–Trinajstić information content (AvgIpc) is 3.67. The zero-order valence-corrected chi connectivity index (χ0v) is 21.8. The van der Waals surface area contributed by atoms with Gasteiger partial charge in [-0.3, -0.25) is 9.36 Å². The van der Waals surface area contributed by atoms with E-state index in [0.717, 1.165) is 31.6 Å². The van der Waals surface area contributed by atoms with E-state index in [-0.39, 0.29) is 5.91 Å². The fraction of sp³-hybridized carbons (Fsp3) is 0.360. The van der Waals surface area contributed by atoms with Gasteiger partial charge in [-0.25, -0.2) is 4.98 Å². The Morgan fingerprint density at radius 2 is 1.92 bits per heavy atom. The van der Waals surface area contributed by atoms with Crippen LogP contribution >= 0.6 is 11.3 Å². The quantitative estimate of drug-likeness (QED) is 0.281. The van der Waals surface area contributed by atoms with Crippen molar-refractivity contribution in [1.82, 2.24) is 24.4 Å². The van der Waals surface area contributed by atoms with Gasteiger partial charge >= 0.3 is 0 Å². The Balaban J connectivity index is 1.45. The number of methoxy groups -OCH3 is 3. The number of carbonyl (C=O) groups is 1. The first kappa shape index (κ1) is 24.6. The molecule has 5 rings (SSSR count). The molecule has 1 amide bonds. The summed E-state index contributed by atoms with van der Waals surface area (Å²) in [4.78, 5) is 27.9. The lowest BCUT2D eigenvalue weighted by Gasteiger charge is -2.16. The molecule has 4 aromatic rings. The summed E-state index contributed by atoms with van der Waals surface area (Å²) in [6.07, 6.45) is 4.14.